The molecule has 0 unspecified atom stereocenters. The first-order chi connectivity index (χ1) is 8.00. The van der Waals surface area contributed by atoms with Gasteiger partial charge in [-0.2, -0.15) is 4.39 Å². The highest BCUT2D eigenvalue weighted by Crippen LogP contribution is 2.19. The average molecular weight is 241 g/mol. The van der Waals surface area contributed by atoms with E-state index in [0.29, 0.717) is 24.8 Å². The molecule has 0 aliphatic carbocycles. The Kier molecular flexibility index (Phi) is 4.56. The zero-order valence-corrected chi connectivity index (χ0v) is 9.06. The number of nitro benzene ring substituents is 1. The summed E-state index contributed by atoms with van der Waals surface area (Å²) >= 11 is 0. The molecule has 0 bridgehead atoms. The first kappa shape index (κ1) is 13.1. The van der Waals surface area contributed by atoms with Crippen LogP contribution in [0.5, 0.6) is 0 Å². The number of hydrogen-bond donors (Lipinski definition) is 1. The van der Waals surface area contributed by atoms with Gasteiger partial charge in [0.15, 0.2) is 0 Å². The molecule has 17 heavy (non-hydrogen) atoms. The van der Waals surface area contributed by atoms with Crippen LogP contribution in [0.1, 0.15) is 24.8 Å². The molecule has 0 spiro atoms. The number of carbonyl (C=O) groups is 1. The zero-order chi connectivity index (χ0) is 12.8. The molecular formula is C11H12FNO4. The number of nitrogens with zero attached hydrogens (tertiary/aromatic N) is 1. The molecule has 0 saturated heterocycles. The smallest absolute Gasteiger partial charge is 0.305 e. The van der Waals surface area contributed by atoms with Crippen LogP contribution in [-0.2, 0) is 11.2 Å². The van der Waals surface area contributed by atoms with Crippen molar-refractivity contribution in [3.63, 3.8) is 0 Å². The highest BCUT2D eigenvalue weighted by Gasteiger charge is 2.13. The van der Waals surface area contributed by atoms with E-state index in [1.807, 2.05) is 0 Å². The van der Waals surface area contributed by atoms with Gasteiger partial charge in [0.25, 0.3) is 0 Å². The maximum Gasteiger partial charge on any atom is 0.305 e. The number of aryl methyl sites for hydroxylation is 1. The molecule has 0 radical (unpaired) electrons. The molecule has 1 aromatic rings. The van der Waals surface area contributed by atoms with Crippen molar-refractivity contribution >= 4 is 11.7 Å². The predicted octanol–water partition coefficient (Wildman–Crippen LogP) is 2.53. The minimum absolute atomic E-state index is 0.0727. The predicted molar refractivity (Wildman–Crippen MR) is 58.2 cm³/mol. The Hall–Kier alpha value is -1.98. The fraction of sp³-hybridized carbons (Fsp3) is 0.364. The Bertz CT molecular complexity index is 433. The quantitative estimate of drug-likeness (QED) is 0.471. The van der Waals surface area contributed by atoms with Crippen molar-refractivity contribution in [2.75, 3.05) is 0 Å². The average Bonchev–Trinajstić information content (AvgIpc) is 2.25. The van der Waals surface area contributed by atoms with E-state index < -0.39 is 22.4 Å². The van der Waals surface area contributed by atoms with Crippen LogP contribution in [0.3, 0.4) is 0 Å². The van der Waals surface area contributed by atoms with Gasteiger partial charge in [-0.25, -0.2) is 0 Å². The lowest BCUT2D eigenvalue weighted by Crippen LogP contribution is -1.97. The third kappa shape index (κ3) is 4.18. The lowest BCUT2D eigenvalue weighted by Gasteiger charge is -2.01. The van der Waals surface area contributed by atoms with Crippen LogP contribution in [-0.4, -0.2) is 16.0 Å². The third-order valence-electron chi connectivity index (χ3n) is 2.31. The van der Waals surface area contributed by atoms with Crippen molar-refractivity contribution in [3.8, 4) is 0 Å². The second-order valence-electron chi connectivity index (χ2n) is 3.64. The molecule has 0 fully saturated rings. The van der Waals surface area contributed by atoms with E-state index >= 15 is 0 Å². The summed E-state index contributed by atoms with van der Waals surface area (Å²) in [5.74, 6) is -1.72. The summed E-state index contributed by atoms with van der Waals surface area (Å²) in [7, 11) is 0. The highest BCUT2D eigenvalue weighted by atomic mass is 19.1. The van der Waals surface area contributed by atoms with E-state index in [0.717, 1.165) is 6.07 Å². The lowest BCUT2D eigenvalue weighted by atomic mass is 10.1. The second-order valence-corrected chi connectivity index (χ2v) is 3.64. The Morgan fingerprint density at radius 1 is 1.41 bits per heavy atom. The van der Waals surface area contributed by atoms with Gasteiger partial charge >= 0.3 is 11.7 Å². The molecule has 6 heteroatoms. The molecule has 0 aliphatic heterocycles. The normalized spacial score (nSPS) is 10.2. The molecular weight excluding hydrogens is 229 g/mol. The number of carboxylic acid groups (broad SMARTS) is 1. The lowest BCUT2D eigenvalue weighted by molar-refractivity contribution is -0.387. The fourth-order valence-corrected chi connectivity index (χ4v) is 1.46. The first-order valence-electron chi connectivity index (χ1n) is 5.15. The molecule has 1 rings (SSSR count). The Morgan fingerprint density at radius 3 is 2.71 bits per heavy atom. The molecule has 0 heterocycles. The van der Waals surface area contributed by atoms with Crippen molar-refractivity contribution in [1.82, 2.24) is 0 Å². The summed E-state index contributed by atoms with van der Waals surface area (Å²) in [6.07, 6.45) is 1.69. The van der Waals surface area contributed by atoms with Crippen molar-refractivity contribution in [2.24, 2.45) is 0 Å². The van der Waals surface area contributed by atoms with Gasteiger partial charge in [0.1, 0.15) is 0 Å². The van der Waals surface area contributed by atoms with Gasteiger partial charge in [0, 0.05) is 12.5 Å². The summed E-state index contributed by atoms with van der Waals surface area (Å²) in [4.78, 5) is 20.0. The SMILES string of the molecule is O=C(O)CCCCc1ccc(F)c([N+](=O)[O-])c1. The van der Waals surface area contributed by atoms with Crippen LogP contribution in [0, 0.1) is 15.9 Å². The highest BCUT2D eigenvalue weighted by molar-refractivity contribution is 5.66. The summed E-state index contributed by atoms with van der Waals surface area (Å²) in [6, 6.07) is 3.73. The molecule has 92 valence electrons. The molecule has 1 aromatic carbocycles. The van der Waals surface area contributed by atoms with Crippen LogP contribution in [0.4, 0.5) is 10.1 Å². The Labute approximate surface area is 97.0 Å². The molecule has 0 aliphatic rings. The van der Waals surface area contributed by atoms with Crippen LogP contribution < -0.4 is 0 Å². The molecule has 1 N–H and O–H groups in total. The van der Waals surface area contributed by atoms with Crippen molar-refractivity contribution in [2.45, 2.75) is 25.7 Å². The number of carboxylic acids is 1. The molecule has 0 saturated carbocycles. The van der Waals surface area contributed by atoms with E-state index in [1.165, 1.54) is 12.1 Å². The molecule has 0 aromatic heterocycles. The molecule has 0 amide bonds. The van der Waals surface area contributed by atoms with Gasteiger partial charge < -0.3 is 5.11 Å². The first-order valence-corrected chi connectivity index (χ1v) is 5.15. The van der Waals surface area contributed by atoms with Gasteiger partial charge in [-0.15, -0.1) is 0 Å². The van der Waals surface area contributed by atoms with Gasteiger partial charge in [-0.05, 0) is 30.9 Å². The van der Waals surface area contributed by atoms with Gasteiger partial charge in [-0.1, -0.05) is 6.07 Å². The minimum atomic E-state index is -0.866. The number of hydrogen-bond acceptors (Lipinski definition) is 3. The van der Waals surface area contributed by atoms with Gasteiger partial charge in [0.2, 0.25) is 5.82 Å². The van der Waals surface area contributed by atoms with Gasteiger partial charge in [-0.3, -0.25) is 14.9 Å². The maximum atomic E-state index is 13.0. The number of aliphatic carboxylic acids is 1. The maximum absolute atomic E-state index is 13.0. The Balaban J connectivity index is 2.57. The standard InChI is InChI=1S/C11H12FNO4/c12-9-6-5-8(7-10(9)13(16)17)3-1-2-4-11(14)15/h5-7H,1-4H2,(H,14,15). The number of rotatable bonds is 6. The van der Waals surface area contributed by atoms with Gasteiger partial charge in [0.05, 0.1) is 4.92 Å². The Morgan fingerprint density at radius 2 is 2.12 bits per heavy atom. The zero-order valence-electron chi connectivity index (χ0n) is 9.06. The third-order valence-corrected chi connectivity index (χ3v) is 2.31. The van der Waals surface area contributed by atoms with E-state index in [-0.39, 0.29) is 6.42 Å². The number of unbranched alkanes of at least 4 members (excludes halogenated alkanes) is 1. The summed E-state index contributed by atoms with van der Waals surface area (Å²) in [6.45, 7) is 0. The van der Waals surface area contributed by atoms with Crippen molar-refractivity contribution < 1.29 is 19.2 Å². The molecule has 5 nitrogen and oxygen atoms in total. The molecule has 0 atom stereocenters. The fourth-order valence-electron chi connectivity index (χ4n) is 1.46. The summed E-state index contributed by atoms with van der Waals surface area (Å²) < 4.78 is 13.0. The van der Waals surface area contributed by atoms with Crippen LogP contribution in [0.2, 0.25) is 0 Å². The van der Waals surface area contributed by atoms with Crippen molar-refractivity contribution in [3.05, 3.63) is 39.7 Å². The van der Waals surface area contributed by atoms with Crippen molar-refractivity contribution in [1.29, 1.82) is 0 Å². The monoisotopic (exact) mass is 241 g/mol. The number of nitro groups is 1. The van der Waals surface area contributed by atoms with Crippen LogP contribution in [0.25, 0.3) is 0 Å². The number of halogens is 1. The number of benzene rings is 1. The van der Waals surface area contributed by atoms with E-state index in [9.17, 15) is 19.3 Å². The van der Waals surface area contributed by atoms with Crippen LogP contribution in [0.15, 0.2) is 18.2 Å². The van der Waals surface area contributed by atoms with E-state index in [4.69, 9.17) is 5.11 Å². The topological polar surface area (TPSA) is 80.4 Å². The van der Waals surface area contributed by atoms with E-state index in [1.54, 1.807) is 0 Å². The van der Waals surface area contributed by atoms with E-state index in [2.05, 4.69) is 0 Å². The summed E-state index contributed by atoms with van der Waals surface area (Å²) in [5.41, 5.74) is 0.101. The minimum Gasteiger partial charge on any atom is -0.481 e. The summed E-state index contributed by atoms with van der Waals surface area (Å²) in [5, 5.41) is 18.9. The van der Waals surface area contributed by atoms with Crippen LogP contribution >= 0.6 is 0 Å². The second kappa shape index (κ2) is 5.93. The largest absolute Gasteiger partial charge is 0.481 e.